The fourth-order valence-corrected chi connectivity index (χ4v) is 2.02. The molecule has 7 nitrogen and oxygen atoms in total. The summed E-state index contributed by atoms with van der Waals surface area (Å²) >= 11 is 9.53. The van der Waals surface area contributed by atoms with Gasteiger partial charge in [-0.2, -0.15) is 26.9 Å². The number of halogens is 5. The van der Waals surface area contributed by atoms with Crippen LogP contribution in [0.1, 0.15) is 16.7 Å². The van der Waals surface area contributed by atoms with Crippen LogP contribution in [0.3, 0.4) is 0 Å². The van der Waals surface area contributed by atoms with Crippen molar-refractivity contribution in [3.63, 3.8) is 0 Å². The van der Waals surface area contributed by atoms with Crippen molar-refractivity contribution in [2.24, 2.45) is 0 Å². The average Bonchev–Trinajstić information content (AvgIpc) is 2.37. The molecule has 0 saturated heterocycles. The summed E-state index contributed by atoms with van der Waals surface area (Å²) in [6.45, 7) is 2.39. The summed E-state index contributed by atoms with van der Waals surface area (Å²) in [6, 6.07) is 2.35. The third-order valence-corrected chi connectivity index (χ3v) is 3.45. The molecule has 24 heavy (non-hydrogen) atoms. The van der Waals surface area contributed by atoms with E-state index in [0.717, 1.165) is 6.92 Å². The van der Waals surface area contributed by atoms with Gasteiger partial charge in [0, 0.05) is 5.56 Å². The molecule has 0 atom stereocenters. The topological polar surface area (TPSA) is 110 Å². The SMILES string of the molecule is Cc1cc(OS(=O)(=O)C(F)(F)F)c([N+](=O)[O-])c(C)c1C#N.ClCCl. The lowest BCUT2D eigenvalue weighted by atomic mass is 10.0. The van der Waals surface area contributed by atoms with Crippen molar-refractivity contribution in [2.45, 2.75) is 19.4 Å². The van der Waals surface area contributed by atoms with Gasteiger partial charge in [0.25, 0.3) is 0 Å². The fraction of sp³-hybridized carbons (Fsp3) is 0.364. The van der Waals surface area contributed by atoms with Gasteiger partial charge in [-0.3, -0.25) is 10.1 Å². The first kappa shape index (κ1) is 22.2. The Labute approximate surface area is 144 Å². The molecular weight excluding hydrogens is 400 g/mol. The van der Waals surface area contributed by atoms with E-state index in [0.29, 0.717) is 6.07 Å². The molecule has 0 saturated carbocycles. The minimum absolute atomic E-state index is 0.0491. The van der Waals surface area contributed by atoms with E-state index >= 15 is 0 Å². The van der Waals surface area contributed by atoms with Crippen molar-refractivity contribution >= 4 is 39.0 Å². The summed E-state index contributed by atoms with van der Waals surface area (Å²) in [5.41, 5.74) is -7.11. The summed E-state index contributed by atoms with van der Waals surface area (Å²) in [5, 5.41) is 19.9. The Kier molecular flexibility index (Phi) is 7.75. The first-order chi connectivity index (χ1) is 10.8. The monoisotopic (exact) mass is 408 g/mol. The van der Waals surface area contributed by atoms with Crippen LogP contribution in [0.15, 0.2) is 6.07 Å². The number of nitro groups is 1. The van der Waals surface area contributed by atoms with E-state index in [1.807, 2.05) is 0 Å². The van der Waals surface area contributed by atoms with Gasteiger partial charge in [0.15, 0.2) is 0 Å². The van der Waals surface area contributed by atoms with Crippen molar-refractivity contribution in [3.05, 3.63) is 32.9 Å². The van der Waals surface area contributed by atoms with Gasteiger partial charge in [0.1, 0.15) is 0 Å². The Bertz CT molecular complexity index is 775. The number of benzene rings is 1. The average molecular weight is 409 g/mol. The fourth-order valence-electron chi connectivity index (χ4n) is 1.56. The molecule has 1 rings (SSSR count). The van der Waals surface area contributed by atoms with Crippen molar-refractivity contribution in [3.8, 4) is 11.8 Å². The molecule has 0 aliphatic carbocycles. The summed E-state index contributed by atoms with van der Waals surface area (Å²) < 4.78 is 62.5. The first-order valence-corrected chi connectivity index (χ1v) is 8.13. The molecule has 0 radical (unpaired) electrons. The number of nitriles is 1. The van der Waals surface area contributed by atoms with Crippen molar-refractivity contribution in [1.29, 1.82) is 5.26 Å². The van der Waals surface area contributed by atoms with Crippen LogP contribution in [0, 0.1) is 35.3 Å². The van der Waals surface area contributed by atoms with Crippen LogP contribution in [0.5, 0.6) is 5.75 Å². The second-order valence-corrected chi connectivity index (χ2v) is 6.34. The molecule has 0 aliphatic heterocycles. The zero-order valence-electron chi connectivity index (χ0n) is 12.0. The second-order valence-electron chi connectivity index (χ2n) is 3.99. The van der Waals surface area contributed by atoms with E-state index in [1.165, 1.54) is 6.92 Å². The number of hydrogen-bond acceptors (Lipinski definition) is 6. The highest BCUT2D eigenvalue weighted by Gasteiger charge is 2.49. The summed E-state index contributed by atoms with van der Waals surface area (Å²) in [6.07, 6.45) is 0. The highest BCUT2D eigenvalue weighted by atomic mass is 35.5. The molecule has 0 heterocycles. The summed E-state index contributed by atoms with van der Waals surface area (Å²) in [5.74, 6) is -1.09. The summed E-state index contributed by atoms with van der Waals surface area (Å²) in [7, 11) is -6.05. The van der Waals surface area contributed by atoms with Gasteiger partial charge in [-0.25, -0.2) is 0 Å². The maximum atomic E-state index is 12.3. The Morgan fingerprint density at radius 3 is 2.17 bits per heavy atom. The lowest BCUT2D eigenvalue weighted by molar-refractivity contribution is -0.386. The number of hydrogen-bond donors (Lipinski definition) is 0. The Morgan fingerprint density at radius 1 is 1.38 bits per heavy atom. The number of nitrogens with zero attached hydrogens (tertiary/aromatic N) is 2. The van der Waals surface area contributed by atoms with Crippen molar-refractivity contribution < 1.29 is 30.7 Å². The molecule has 0 aliphatic rings. The van der Waals surface area contributed by atoms with E-state index < -0.39 is 32.0 Å². The van der Waals surface area contributed by atoms with Crippen LogP contribution >= 0.6 is 23.2 Å². The van der Waals surface area contributed by atoms with Crippen LogP contribution in [-0.4, -0.2) is 24.2 Å². The van der Waals surface area contributed by atoms with Crippen molar-refractivity contribution in [2.75, 3.05) is 5.34 Å². The molecule has 1 aromatic rings. The smallest absolute Gasteiger partial charge is 0.369 e. The number of rotatable bonds is 3. The van der Waals surface area contributed by atoms with E-state index in [-0.39, 0.29) is 22.0 Å². The maximum Gasteiger partial charge on any atom is 0.534 e. The lowest BCUT2D eigenvalue weighted by Gasteiger charge is -2.12. The molecule has 13 heteroatoms. The van der Waals surface area contributed by atoms with Gasteiger partial charge in [-0.15, -0.1) is 23.2 Å². The molecule has 0 aromatic heterocycles. The maximum absolute atomic E-state index is 12.3. The zero-order chi connectivity index (χ0) is 19.3. The van der Waals surface area contributed by atoms with Crippen LogP contribution in [0.2, 0.25) is 0 Å². The van der Waals surface area contributed by atoms with E-state index in [4.69, 9.17) is 28.5 Å². The quantitative estimate of drug-likeness (QED) is 0.247. The Balaban J connectivity index is 0.00000163. The molecule has 0 spiro atoms. The minimum atomic E-state index is -6.05. The third-order valence-electron chi connectivity index (χ3n) is 2.48. The van der Waals surface area contributed by atoms with E-state index in [1.54, 1.807) is 6.07 Å². The van der Waals surface area contributed by atoms with Crippen molar-refractivity contribution in [1.82, 2.24) is 0 Å². The first-order valence-electron chi connectivity index (χ1n) is 5.65. The van der Waals surface area contributed by atoms with Gasteiger partial charge in [-0.1, -0.05) is 0 Å². The lowest BCUT2D eigenvalue weighted by Crippen LogP contribution is -2.28. The zero-order valence-corrected chi connectivity index (χ0v) is 14.3. The van der Waals surface area contributed by atoms with Gasteiger partial charge < -0.3 is 4.18 Å². The van der Waals surface area contributed by atoms with E-state index in [9.17, 15) is 31.7 Å². The summed E-state index contributed by atoms with van der Waals surface area (Å²) in [4.78, 5) is 9.78. The third kappa shape index (κ3) is 5.12. The Morgan fingerprint density at radius 2 is 1.83 bits per heavy atom. The predicted molar refractivity (Wildman–Crippen MR) is 79.5 cm³/mol. The van der Waals surface area contributed by atoms with Crippen LogP contribution in [0.4, 0.5) is 18.9 Å². The second kappa shape index (κ2) is 8.36. The van der Waals surface area contributed by atoms with Gasteiger partial charge in [-0.05, 0) is 25.5 Å². The highest BCUT2D eigenvalue weighted by Crippen LogP contribution is 2.37. The van der Waals surface area contributed by atoms with Crippen LogP contribution < -0.4 is 4.18 Å². The standard InChI is InChI=1S/C10H7F3N2O5S.CH2Cl2/c1-5-3-8(20-21(18,19)10(11,12)13)9(15(16)17)6(2)7(5)4-14;2-1-3/h3H,1-2H3;1H2. The molecule has 0 unspecified atom stereocenters. The van der Waals surface area contributed by atoms with Gasteiger partial charge >= 0.3 is 21.3 Å². The molecular formula is C11H9Cl2F3N2O5S. The predicted octanol–water partition coefficient (Wildman–Crippen LogP) is 3.73. The molecule has 0 N–H and O–H groups in total. The number of nitro benzene ring substituents is 1. The van der Waals surface area contributed by atoms with Gasteiger partial charge in [0.2, 0.25) is 5.75 Å². The van der Waals surface area contributed by atoms with Gasteiger partial charge in [0.05, 0.1) is 21.9 Å². The van der Waals surface area contributed by atoms with Crippen LogP contribution in [-0.2, 0) is 10.1 Å². The molecule has 0 bridgehead atoms. The van der Waals surface area contributed by atoms with E-state index in [2.05, 4.69) is 4.18 Å². The Hall–Kier alpha value is -1.77. The number of alkyl halides is 5. The normalized spacial score (nSPS) is 11.1. The minimum Gasteiger partial charge on any atom is -0.369 e. The molecule has 1 aromatic carbocycles. The van der Waals surface area contributed by atoms with Crippen LogP contribution in [0.25, 0.3) is 0 Å². The molecule has 0 amide bonds. The highest BCUT2D eigenvalue weighted by molar-refractivity contribution is 7.88. The molecule has 0 fully saturated rings. The molecule has 134 valence electrons. The number of aryl methyl sites for hydroxylation is 1. The largest absolute Gasteiger partial charge is 0.534 e.